The number of hydrogen-bond donors (Lipinski definition) is 1. The quantitative estimate of drug-likeness (QED) is 0.774. The molecule has 6 nitrogen and oxygen atoms in total. The maximum Gasteiger partial charge on any atom is 0.344 e. The number of amides is 1. The van der Waals surface area contributed by atoms with Crippen molar-refractivity contribution in [3.63, 3.8) is 0 Å². The molecule has 0 unspecified atom stereocenters. The van der Waals surface area contributed by atoms with E-state index in [0.717, 1.165) is 31.2 Å². The fourth-order valence-corrected chi connectivity index (χ4v) is 3.80. The van der Waals surface area contributed by atoms with Gasteiger partial charge in [0.15, 0.2) is 24.7 Å². The van der Waals surface area contributed by atoms with Crippen molar-refractivity contribution in [2.45, 2.75) is 64.5 Å². The van der Waals surface area contributed by atoms with E-state index in [1.807, 2.05) is 26.0 Å². The molecule has 1 heterocycles. The Morgan fingerprint density at radius 3 is 2.78 bits per heavy atom. The molecule has 1 aliphatic heterocycles. The lowest BCUT2D eigenvalue weighted by atomic mass is 9.86. The van der Waals surface area contributed by atoms with Gasteiger partial charge in [0.1, 0.15) is 5.60 Å². The first-order valence-electron chi connectivity index (χ1n) is 9.73. The van der Waals surface area contributed by atoms with E-state index in [-0.39, 0.29) is 30.8 Å². The highest BCUT2D eigenvalue weighted by atomic mass is 16.6. The summed E-state index contributed by atoms with van der Waals surface area (Å²) in [6, 6.07) is 5.81. The van der Waals surface area contributed by atoms with Crippen LogP contribution in [0.15, 0.2) is 18.2 Å². The van der Waals surface area contributed by atoms with Crippen LogP contribution < -0.4 is 14.8 Å². The highest BCUT2D eigenvalue weighted by Crippen LogP contribution is 2.41. The molecular weight excluding hydrogens is 346 g/mol. The second-order valence-corrected chi connectivity index (χ2v) is 8.17. The van der Waals surface area contributed by atoms with Crippen LogP contribution in [-0.2, 0) is 20.7 Å². The van der Waals surface area contributed by atoms with E-state index < -0.39 is 5.97 Å². The standard InChI is InChI=1S/C21H29NO5/c1-14-7-4-5-9-16(14)22-18(23)12-26-19(24)13-25-17-10-6-8-15-11-21(2,3)27-20(15)17/h6,8,10,14,16H,4-5,7,9,11-13H2,1-3H3,(H,22,23)/t14-,16+/m1/s1. The molecule has 0 spiro atoms. The average molecular weight is 375 g/mol. The molecule has 1 aromatic carbocycles. The Balaban J connectivity index is 1.43. The minimum absolute atomic E-state index is 0.175. The van der Waals surface area contributed by atoms with Crippen molar-refractivity contribution in [3.05, 3.63) is 23.8 Å². The fourth-order valence-electron chi connectivity index (χ4n) is 3.80. The molecule has 148 valence electrons. The lowest BCUT2D eigenvalue weighted by Gasteiger charge is -2.29. The Labute approximate surface area is 160 Å². The number of carbonyl (C=O) groups excluding carboxylic acids is 2. The molecule has 6 heteroatoms. The smallest absolute Gasteiger partial charge is 0.344 e. The van der Waals surface area contributed by atoms with Gasteiger partial charge >= 0.3 is 5.97 Å². The Morgan fingerprint density at radius 2 is 2.00 bits per heavy atom. The van der Waals surface area contributed by atoms with E-state index in [0.29, 0.717) is 17.4 Å². The van der Waals surface area contributed by atoms with E-state index in [2.05, 4.69) is 12.2 Å². The summed E-state index contributed by atoms with van der Waals surface area (Å²) in [6.07, 6.45) is 5.25. The first-order chi connectivity index (χ1) is 12.8. The van der Waals surface area contributed by atoms with E-state index >= 15 is 0 Å². The van der Waals surface area contributed by atoms with E-state index in [1.165, 1.54) is 6.42 Å². The summed E-state index contributed by atoms with van der Waals surface area (Å²) in [5, 5.41) is 2.96. The van der Waals surface area contributed by atoms with E-state index in [1.54, 1.807) is 6.07 Å². The Morgan fingerprint density at radius 1 is 1.22 bits per heavy atom. The third-order valence-electron chi connectivity index (χ3n) is 5.22. The van der Waals surface area contributed by atoms with Crippen LogP contribution in [0.5, 0.6) is 11.5 Å². The number of rotatable bonds is 6. The molecule has 2 aliphatic rings. The number of fused-ring (bicyclic) bond motifs is 1. The second kappa shape index (κ2) is 8.19. The predicted molar refractivity (Wildman–Crippen MR) is 101 cm³/mol. The minimum Gasteiger partial charge on any atom is -0.483 e. The zero-order valence-electron chi connectivity index (χ0n) is 16.4. The number of carbonyl (C=O) groups is 2. The van der Waals surface area contributed by atoms with Crippen LogP contribution in [-0.4, -0.2) is 36.7 Å². The van der Waals surface area contributed by atoms with Gasteiger partial charge in [0.05, 0.1) is 0 Å². The molecule has 3 rings (SSSR count). The Bertz CT molecular complexity index is 700. The van der Waals surface area contributed by atoms with Gasteiger partial charge in [-0.15, -0.1) is 0 Å². The van der Waals surface area contributed by atoms with Gasteiger partial charge in [-0.1, -0.05) is 31.9 Å². The lowest BCUT2D eigenvalue weighted by Crippen LogP contribution is -2.43. The number of hydrogen-bond acceptors (Lipinski definition) is 5. The number of benzene rings is 1. The van der Waals surface area contributed by atoms with E-state index in [9.17, 15) is 9.59 Å². The van der Waals surface area contributed by atoms with Crippen molar-refractivity contribution in [1.29, 1.82) is 0 Å². The molecular formula is C21H29NO5. The third kappa shape index (κ3) is 5.15. The van der Waals surface area contributed by atoms with Gasteiger partial charge in [-0.2, -0.15) is 0 Å². The molecule has 0 bridgehead atoms. The van der Waals surface area contributed by atoms with Gasteiger partial charge in [-0.25, -0.2) is 4.79 Å². The minimum atomic E-state index is -0.572. The average Bonchev–Trinajstić information content (AvgIpc) is 2.94. The molecule has 0 aromatic heterocycles. The van der Waals surface area contributed by atoms with Crippen LogP contribution >= 0.6 is 0 Å². The maximum absolute atomic E-state index is 12.0. The first-order valence-corrected chi connectivity index (χ1v) is 9.73. The summed E-state index contributed by atoms with van der Waals surface area (Å²) in [5.74, 6) is 0.838. The van der Waals surface area contributed by atoms with Crippen LogP contribution in [0, 0.1) is 5.92 Å². The topological polar surface area (TPSA) is 73.9 Å². The zero-order valence-corrected chi connectivity index (χ0v) is 16.4. The normalized spacial score (nSPS) is 23.1. The van der Waals surface area contributed by atoms with Crippen LogP contribution in [0.2, 0.25) is 0 Å². The number of ether oxygens (including phenoxy) is 3. The second-order valence-electron chi connectivity index (χ2n) is 8.17. The van der Waals surface area contributed by atoms with Crippen molar-refractivity contribution < 1.29 is 23.8 Å². The summed E-state index contributed by atoms with van der Waals surface area (Å²) in [7, 11) is 0. The van der Waals surface area contributed by atoms with Gasteiger partial charge in [-0.3, -0.25) is 4.79 Å². The van der Waals surface area contributed by atoms with Gasteiger partial charge in [-0.05, 0) is 38.7 Å². The van der Waals surface area contributed by atoms with E-state index in [4.69, 9.17) is 14.2 Å². The molecule has 2 atom stereocenters. The Kier molecular flexibility index (Phi) is 5.92. The highest BCUT2D eigenvalue weighted by molar-refractivity contribution is 5.81. The Hall–Kier alpha value is -2.24. The van der Waals surface area contributed by atoms with Gasteiger partial charge in [0.25, 0.3) is 5.91 Å². The van der Waals surface area contributed by atoms with Crippen LogP contribution in [0.4, 0.5) is 0 Å². The van der Waals surface area contributed by atoms with Crippen molar-refractivity contribution >= 4 is 11.9 Å². The highest BCUT2D eigenvalue weighted by Gasteiger charge is 2.32. The zero-order chi connectivity index (χ0) is 19.4. The van der Waals surface area contributed by atoms with Crippen molar-refractivity contribution in [1.82, 2.24) is 5.32 Å². The SMILES string of the molecule is C[C@@H]1CCCC[C@@H]1NC(=O)COC(=O)COc1cccc2c1OC(C)(C)C2. The summed E-state index contributed by atoms with van der Waals surface area (Å²) >= 11 is 0. The molecule has 1 aromatic rings. The number of esters is 1. The first kappa shape index (κ1) is 19.5. The molecule has 1 N–H and O–H groups in total. The lowest BCUT2D eigenvalue weighted by molar-refractivity contribution is -0.150. The molecule has 0 radical (unpaired) electrons. The number of nitrogens with one attached hydrogen (secondary N) is 1. The molecule has 27 heavy (non-hydrogen) atoms. The van der Waals surface area contributed by atoms with Gasteiger partial charge in [0, 0.05) is 18.0 Å². The van der Waals surface area contributed by atoms with Crippen LogP contribution in [0.3, 0.4) is 0 Å². The van der Waals surface area contributed by atoms with Gasteiger partial charge < -0.3 is 19.5 Å². The van der Waals surface area contributed by atoms with Gasteiger partial charge in [0.2, 0.25) is 0 Å². The maximum atomic E-state index is 12.0. The summed E-state index contributed by atoms with van der Waals surface area (Å²) in [6.45, 7) is 5.63. The molecule has 1 fully saturated rings. The molecule has 1 saturated carbocycles. The fraction of sp³-hybridized carbons (Fsp3) is 0.619. The summed E-state index contributed by atoms with van der Waals surface area (Å²) in [5.41, 5.74) is 0.781. The van der Waals surface area contributed by atoms with Crippen molar-refractivity contribution in [2.75, 3.05) is 13.2 Å². The van der Waals surface area contributed by atoms with Crippen LogP contribution in [0.1, 0.15) is 52.0 Å². The monoisotopic (exact) mass is 375 g/mol. The summed E-state index contributed by atoms with van der Waals surface area (Å²) in [4.78, 5) is 23.9. The van der Waals surface area contributed by atoms with Crippen molar-refractivity contribution in [2.24, 2.45) is 5.92 Å². The molecule has 1 amide bonds. The number of para-hydroxylation sites is 1. The molecule has 1 aliphatic carbocycles. The van der Waals surface area contributed by atoms with Crippen molar-refractivity contribution in [3.8, 4) is 11.5 Å². The summed E-state index contributed by atoms with van der Waals surface area (Å²) < 4.78 is 16.5. The molecule has 0 saturated heterocycles. The van der Waals surface area contributed by atoms with Crippen LogP contribution in [0.25, 0.3) is 0 Å². The third-order valence-corrected chi connectivity index (χ3v) is 5.22. The largest absolute Gasteiger partial charge is 0.483 e. The predicted octanol–water partition coefficient (Wildman–Crippen LogP) is 3.02.